The lowest BCUT2D eigenvalue weighted by Crippen LogP contribution is -2.42. The SMILES string of the molecule is COc1cc(NC(=O)CN2C(=O)NC(C)(c3ccc(Cl)c(Cl)c3)C2=O)cc(OC)c1. The van der Waals surface area contributed by atoms with Gasteiger partial charge in [-0.2, -0.15) is 0 Å². The number of nitrogens with zero attached hydrogens (tertiary/aromatic N) is 1. The van der Waals surface area contributed by atoms with Gasteiger partial charge in [0.25, 0.3) is 5.91 Å². The molecule has 2 aromatic carbocycles. The van der Waals surface area contributed by atoms with Gasteiger partial charge in [-0.3, -0.25) is 14.5 Å². The molecule has 0 aromatic heterocycles. The summed E-state index contributed by atoms with van der Waals surface area (Å²) in [6.45, 7) is 1.07. The van der Waals surface area contributed by atoms with Gasteiger partial charge in [-0.1, -0.05) is 29.3 Å². The maximum atomic E-state index is 13.0. The Balaban J connectivity index is 1.77. The zero-order chi connectivity index (χ0) is 22.1. The van der Waals surface area contributed by atoms with Gasteiger partial charge in [0.2, 0.25) is 5.91 Å². The Morgan fingerprint density at radius 3 is 2.27 bits per heavy atom. The highest BCUT2D eigenvalue weighted by Gasteiger charge is 2.49. The number of methoxy groups -OCH3 is 2. The van der Waals surface area contributed by atoms with E-state index in [2.05, 4.69) is 10.6 Å². The Kier molecular flexibility index (Phi) is 6.09. The molecule has 3 rings (SSSR count). The van der Waals surface area contributed by atoms with Crippen molar-refractivity contribution in [1.82, 2.24) is 10.2 Å². The maximum Gasteiger partial charge on any atom is 0.325 e. The number of carbonyl (C=O) groups excluding carboxylic acids is 3. The minimum Gasteiger partial charge on any atom is -0.497 e. The number of urea groups is 1. The van der Waals surface area contributed by atoms with Gasteiger partial charge < -0.3 is 20.1 Å². The van der Waals surface area contributed by atoms with E-state index in [9.17, 15) is 14.4 Å². The molecule has 0 saturated carbocycles. The number of benzene rings is 2. The topological polar surface area (TPSA) is 97.0 Å². The lowest BCUT2D eigenvalue weighted by molar-refractivity contribution is -0.133. The van der Waals surface area contributed by atoms with Gasteiger partial charge >= 0.3 is 6.03 Å². The number of carbonyl (C=O) groups is 3. The molecule has 2 N–H and O–H groups in total. The molecule has 158 valence electrons. The van der Waals surface area contributed by atoms with Crippen LogP contribution in [0.5, 0.6) is 11.5 Å². The van der Waals surface area contributed by atoms with E-state index in [0.29, 0.717) is 27.8 Å². The fourth-order valence-corrected chi connectivity index (χ4v) is 3.37. The van der Waals surface area contributed by atoms with Crippen LogP contribution in [0.25, 0.3) is 0 Å². The second-order valence-electron chi connectivity index (χ2n) is 6.72. The number of ether oxygens (including phenoxy) is 2. The standard InChI is InChI=1S/C20H19Cl2N3O5/c1-20(11-4-5-15(21)16(22)6-11)18(27)25(19(28)24-20)10-17(26)23-12-7-13(29-2)9-14(8-12)30-3/h4-9H,10H2,1-3H3,(H,23,26)(H,24,28). The Morgan fingerprint density at radius 1 is 1.07 bits per heavy atom. The van der Waals surface area contributed by atoms with Gasteiger partial charge in [-0.15, -0.1) is 0 Å². The maximum absolute atomic E-state index is 13.0. The third kappa shape index (κ3) is 4.15. The molecule has 4 amide bonds. The fourth-order valence-electron chi connectivity index (χ4n) is 3.07. The number of anilines is 1. The summed E-state index contributed by atoms with van der Waals surface area (Å²) in [5.74, 6) is -0.185. The van der Waals surface area contributed by atoms with Gasteiger partial charge in [-0.25, -0.2) is 4.79 Å². The molecule has 30 heavy (non-hydrogen) atoms. The van der Waals surface area contributed by atoms with Crippen LogP contribution in [0, 0.1) is 0 Å². The number of halogens is 2. The molecular formula is C20H19Cl2N3O5. The molecule has 1 aliphatic rings. The summed E-state index contributed by atoms with van der Waals surface area (Å²) in [6, 6.07) is 8.78. The second-order valence-corrected chi connectivity index (χ2v) is 7.54. The van der Waals surface area contributed by atoms with Gasteiger partial charge in [0, 0.05) is 23.9 Å². The molecule has 0 bridgehead atoms. The van der Waals surface area contributed by atoms with Crippen molar-refractivity contribution >= 4 is 46.7 Å². The van der Waals surface area contributed by atoms with Crippen molar-refractivity contribution in [2.75, 3.05) is 26.1 Å². The molecular weight excluding hydrogens is 433 g/mol. The average molecular weight is 452 g/mol. The van der Waals surface area contributed by atoms with E-state index in [-0.39, 0.29) is 5.02 Å². The highest BCUT2D eigenvalue weighted by molar-refractivity contribution is 6.42. The summed E-state index contributed by atoms with van der Waals surface area (Å²) in [6.07, 6.45) is 0. The van der Waals surface area contributed by atoms with Crippen molar-refractivity contribution in [2.24, 2.45) is 0 Å². The van der Waals surface area contributed by atoms with Crippen molar-refractivity contribution in [3.05, 3.63) is 52.0 Å². The van der Waals surface area contributed by atoms with Crippen LogP contribution in [-0.4, -0.2) is 43.5 Å². The van der Waals surface area contributed by atoms with Crippen LogP contribution < -0.4 is 20.1 Å². The quantitative estimate of drug-likeness (QED) is 0.655. The van der Waals surface area contributed by atoms with Crippen LogP contribution in [-0.2, 0) is 15.1 Å². The van der Waals surface area contributed by atoms with Crippen LogP contribution in [0.15, 0.2) is 36.4 Å². The molecule has 1 heterocycles. The van der Waals surface area contributed by atoms with Gasteiger partial charge in [0.1, 0.15) is 23.6 Å². The van der Waals surface area contributed by atoms with Crippen LogP contribution in [0.2, 0.25) is 10.0 Å². The molecule has 0 spiro atoms. The summed E-state index contributed by atoms with van der Waals surface area (Å²) in [5.41, 5.74) is -0.517. The number of hydrogen-bond acceptors (Lipinski definition) is 5. The average Bonchev–Trinajstić information content (AvgIpc) is 2.93. The molecule has 0 radical (unpaired) electrons. The summed E-state index contributed by atoms with van der Waals surface area (Å²) in [4.78, 5) is 38.7. The van der Waals surface area contributed by atoms with Gasteiger partial charge in [-0.05, 0) is 24.6 Å². The Bertz CT molecular complexity index is 1010. The molecule has 10 heteroatoms. The lowest BCUT2D eigenvalue weighted by Gasteiger charge is -2.22. The van der Waals surface area contributed by atoms with Crippen LogP contribution in [0.1, 0.15) is 12.5 Å². The molecule has 1 saturated heterocycles. The van der Waals surface area contributed by atoms with E-state index in [4.69, 9.17) is 32.7 Å². The zero-order valence-electron chi connectivity index (χ0n) is 16.4. The van der Waals surface area contributed by atoms with Crippen molar-refractivity contribution in [3.63, 3.8) is 0 Å². The summed E-state index contributed by atoms with van der Waals surface area (Å²) in [5, 5.41) is 5.82. The molecule has 8 nitrogen and oxygen atoms in total. The summed E-state index contributed by atoms with van der Waals surface area (Å²) >= 11 is 12.0. The molecule has 1 unspecified atom stereocenters. The third-order valence-electron chi connectivity index (χ3n) is 4.71. The molecule has 1 atom stereocenters. The van der Waals surface area contributed by atoms with E-state index >= 15 is 0 Å². The normalized spacial score (nSPS) is 18.2. The van der Waals surface area contributed by atoms with Crippen LogP contribution >= 0.6 is 23.2 Å². The summed E-state index contributed by atoms with van der Waals surface area (Å²) in [7, 11) is 2.97. The molecule has 0 aliphatic carbocycles. The highest BCUT2D eigenvalue weighted by atomic mass is 35.5. The van der Waals surface area contributed by atoms with E-state index in [0.717, 1.165) is 4.90 Å². The lowest BCUT2D eigenvalue weighted by atomic mass is 9.92. The first kappa shape index (κ1) is 21.7. The van der Waals surface area contributed by atoms with Crippen molar-refractivity contribution < 1.29 is 23.9 Å². The Labute approximate surface area is 183 Å². The van der Waals surface area contributed by atoms with Crippen LogP contribution in [0.4, 0.5) is 10.5 Å². The number of nitrogens with one attached hydrogen (secondary N) is 2. The number of amides is 4. The molecule has 2 aromatic rings. The minimum atomic E-state index is -1.37. The predicted molar refractivity (Wildman–Crippen MR) is 112 cm³/mol. The second kappa shape index (κ2) is 8.41. The Hall–Kier alpha value is -2.97. The van der Waals surface area contributed by atoms with Crippen LogP contribution in [0.3, 0.4) is 0 Å². The zero-order valence-corrected chi connectivity index (χ0v) is 17.9. The monoisotopic (exact) mass is 451 g/mol. The van der Waals surface area contributed by atoms with Crippen molar-refractivity contribution in [1.29, 1.82) is 0 Å². The number of imide groups is 1. The van der Waals surface area contributed by atoms with Gasteiger partial charge in [0.15, 0.2) is 0 Å². The highest BCUT2D eigenvalue weighted by Crippen LogP contribution is 2.33. The number of hydrogen-bond donors (Lipinski definition) is 2. The van der Waals surface area contributed by atoms with E-state index in [1.165, 1.54) is 33.3 Å². The largest absolute Gasteiger partial charge is 0.497 e. The predicted octanol–water partition coefficient (Wildman–Crippen LogP) is 3.42. The van der Waals surface area contributed by atoms with E-state index < -0.39 is 29.9 Å². The molecule has 1 fully saturated rings. The fraction of sp³-hybridized carbons (Fsp3) is 0.250. The first-order chi connectivity index (χ1) is 14.2. The smallest absolute Gasteiger partial charge is 0.325 e. The minimum absolute atomic E-state index is 0.251. The van der Waals surface area contributed by atoms with Crippen molar-refractivity contribution in [2.45, 2.75) is 12.5 Å². The Morgan fingerprint density at radius 2 is 1.70 bits per heavy atom. The number of rotatable bonds is 6. The summed E-state index contributed by atoms with van der Waals surface area (Å²) < 4.78 is 10.3. The first-order valence-corrected chi connectivity index (χ1v) is 9.56. The van der Waals surface area contributed by atoms with E-state index in [1.807, 2.05) is 0 Å². The first-order valence-electron chi connectivity index (χ1n) is 8.80. The van der Waals surface area contributed by atoms with Gasteiger partial charge in [0.05, 0.1) is 24.3 Å². The third-order valence-corrected chi connectivity index (χ3v) is 5.45. The van der Waals surface area contributed by atoms with E-state index in [1.54, 1.807) is 24.3 Å². The molecule has 1 aliphatic heterocycles. The van der Waals surface area contributed by atoms with Crippen molar-refractivity contribution in [3.8, 4) is 11.5 Å².